The van der Waals surface area contributed by atoms with Crippen LogP contribution in [0.4, 0.5) is 0 Å². The van der Waals surface area contributed by atoms with Crippen LogP contribution < -0.4 is 4.74 Å². The molecule has 1 saturated heterocycles. The van der Waals surface area contributed by atoms with Gasteiger partial charge in [0, 0.05) is 39.1 Å². The van der Waals surface area contributed by atoms with Crippen molar-refractivity contribution in [3.8, 4) is 5.75 Å². The fraction of sp³-hybridized carbons (Fsp3) is 0.350. The first-order chi connectivity index (χ1) is 11.8. The molecule has 126 valence electrons. The minimum atomic E-state index is 0.241. The van der Waals surface area contributed by atoms with Gasteiger partial charge in [0.1, 0.15) is 12.4 Å². The van der Waals surface area contributed by atoms with Crippen molar-refractivity contribution < 1.29 is 9.53 Å². The maximum Gasteiger partial charge on any atom is 0.224 e. The maximum absolute atomic E-state index is 12.3. The fourth-order valence-electron chi connectivity index (χ4n) is 2.91. The normalized spacial score (nSPS) is 16.0. The molecular weight excluding hydrogens is 300 g/mol. The fourth-order valence-corrected chi connectivity index (χ4v) is 2.91. The third kappa shape index (κ3) is 4.83. The Morgan fingerprint density at radius 2 is 1.58 bits per heavy atom. The van der Waals surface area contributed by atoms with Crippen molar-refractivity contribution in [3.63, 3.8) is 0 Å². The second-order valence-electron chi connectivity index (χ2n) is 6.05. The molecular formula is C20H24N2O2. The molecule has 2 aromatic carbocycles. The van der Waals surface area contributed by atoms with E-state index in [1.165, 1.54) is 5.56 Å². The van der Waals surface area contributed by atoms with Gasteiger partial charge in [-0.05, 0) is 17.7 Å². The molecule has 0 spiro atoms. The molecule has 3 rings (SSSR count). The van der Waals surface area contributed by atoms with Gasteiger partial charge in [0.25, 0.3) is 0 Å². The molecule has 1 amide bonds. The van der Waals surface area contributed by atoms with Crippen LogP contribution in [0, 0.1) is 0 Å². The van der Waals surface area contributed by atoms with E-state index in [1.807, 2.05) is 53.4 Å². The molecule has 0 radical (unpaired) electrons. The largest absolute Gasteiger partial charge is 0.492 e. The average molecular weight is 324 g/mol. The number of amides is 1. The number of benzene rings is 2. The molecule has 1 fully saturated rings. The number of hydrogen-bond acceptors (Lipinski definition) is 3. The molecule has 0 aromatic heterocycles. The SMILES string of the molecule is O=C1CCN(CCOc2ccccc2)CCN1Cc1ccccc1. The Morgan fingerprint density at radius 3 is 2.33 bits per heavy atom. The van der Waals surface area contributed by atoms with E-state index in [4.69, 9.17) is 4.74 Å². The van der Waals surface area contributed by atoms with Crippen molar-refractivity contribution in [1.82, 2.24) is 9.80 Å². The van der Waals surface area contributed by atoms with Crippen molar-refractivity contribution in [3.05, 3.63) is 66.2 Å². The van der Waals surface area contributed by atoms with E-state index in [1.54, 1.807) is 0 Å². The molecule has 0 atom stereocenters. The Kier molecular flexibility index (Phi) is 5.85. The van der Waals surface area contributed by atoms with Gasteiger partial charge in [-0.2, -0.15) is 0 Å². The lowest BCUT2D eigenvalue weighted by molar-refractivity contribution is -0.130. The van der Waals surface area contributed by atoms with Gasteiger partial charge in [-0.1, -0.05) is 48.5 Å². The first kappa shape index (κ1) is 16.5. The Labute approximate surface area is 143 Å². The summed E-state index contributed by atoms with van der Waals surface area (Å²) >= 11 is 0. The van der Waals surface area contributed by atoms with E-state index in [2.05, 4.69) is 17.0 Å². The van der Waals surface area contributed by atoms with Gasteiger partial charge >= 0.3 is 0 Å². The molecule has 4 heteroatoms. The monoisotopic (exact) mass is 324 g/mol. The summed E-state index contributed by atoms with van der Waals surface area (Å²) in [7, 11) is 0. The Bertz CT molecular complexity index is 631. The van der Waals surface area contributed by atoms with Crippen LogP contribution >= 0.6 is 0 Å². The Hall–Kier alpha value is -2.33. The highest BCUT2D eigenvalue weighted by molar-refractivity contribution is 5.76. The Morgan fingerprint density at radius 1 is 0.875 bits per heavy atom. The summed E-state index contributed by atoms with van der Waals surface area (Å²) < 4.78 is 5.76. The molecule has 0 unspecified atom stereocenters. The minimum Gasteiger partial charge on any atom is -0.492 e. The summed E-state index contributed by atoms with van der Waals surface area (Å²) in [6, 6.07) is 20.0. The number of para-hydroxylation sites is 1. The third-order valence-electron chi connectivity index (χ3n) is 4.32. The van der Waals surface area contributed by atoms with E-state index in [0.29, 0.717) is 19.6 Å². The summed E-state index contributed by atoms with van der Waals surface area (Å²) in [6.45, 7) is 4.68. The standard InChI is InChI=1S/C20H24N2O2/c23-20-11-12-21(15-16-24-19-9-5-2-6-10-19)13-14-22(20)17-18-7-3-1-4-8-18/h1-10H,11-17H2. The molecule has 24 heavy (non-hydrogen) atoms. The molecule has 2 aromatic rings. The van der Waals surface area contributed by atoms with Crippen LogP contribution in [0.15, 0.2) is 60.7 Å². The van der Waals surface area contributed by atoms with E-state index in [0.717, 1.165) is 31.9 Å². The van der Waals surface area contributed by atoms with Crippen LogP contribution in [0.25, 0.3) is 0 Å². The molecule has 0 N–H and O–H groups in total. The van der Waals surface area contributed by atoms with Crippen LogP contribution in [-0.2, 0) is 11.3 Å². The summed E-state index contributed by atoms with van der Waals surface area (Å²) in [5.41, 5.74) is 1.19. The van der Waals surface area contributed by atoms with Gasteiger partial charge in [-0.25, -0.2) is 0 Å². The predicted molar refractivity (Wildman–Crippen MR) is 94.9 cm³/mol. The zero-order valence-corrected chi connectivity index (χ0v) is 13.9. The zero-order chi connectivity index (χ0) is 16.6. The number of carbonyl (C=O) groups is 1. The summed E-state index contributed by atoms with van der Waals surface area (Å²) in [6.07, 6.45) is 0.582. The lowest BCUT2D eigenvalue weighted by Crippen LogP contribution is -2.34. The van der Waals surface area contributed by atoms with E-state index in [9.17, 15) is 4.79 Å². The second-order valence-corrected chi connectivity index (χ2v) is 6.05. The summed E-state index contributed by atoms with van der Waals surface area (Å²) in [5.74, 6) is 1.14. The molecule has 4 nitrogen and oxygen atoms in total. The number of rotatable bonds is 6. The molecule has 1 aliphatic rings. The minimum absolute atomic E-state index is 0.241. The smallest absolute Gasteiger partial charge is 0.224 e. The summed E-state index contributed by atoms with van der Waals surface area (Å²) in [5, 5.41) is 0. The zero-order valence-electron chi connectivity index (χ0n) is 13.9. The van der Waals surface area contributed by atoms with Gasteiger partial charge in [0.2, 0.25) is 5.91 Å². The highest BCUT2D eigenvalue weighted by atomic mass is 16.5. The highest BCUT2D eigenvalue weighted by Gasteiger charge is 2.20. The van der Waals surface area contributed by atoms with Crippen molar-refractivity contribution in [2.45, 2.75) is 13.0 Å². The molecule has 0 saturated carbocycles. The van der Waals surface area contributed by atoms with Crippen molar-refractivity contribution in [1.29, 1.82) is 0 Å². The molecule has 0 bridgehead atoms. The van der Waals surface area contributed by atoms with Gasteiger partial charge in [0.15, 0.2) is 0 Å². The predicted octanol–water partition coefficient (Wildman–Crippen LogP) is 2.80. The van der Waals surface area contributed by atoms with E-state index >= 15 is 0 Å². The lowest BCUT2D eigenvalue weighted by Gasteiger charge is -2.22. The van der Waals surface area contributed by atoms with Gasteiger partial charge in [0.05, 0.1) is 0 Å². The number of ether oxygens (including phenoxy) is 1. The van der Waals surface area contributed by atoms with Crippen molar-refractivity contribution in [2.24, 2.45) is 0 Å². The average Bonchev–Trinajstić information content (AvgIpc) is 2.80. The first-order valence-electron chi connectivity index (χ1n) is 8.53. The van der Waals surface area contributed by atoms with E-state index < -0.39 is 0 Å². The number of nitrogens with zero attached hydrogens (tertiary/aromatic N) is 2. The highest BCUT2D eigenvalue weighted by Crippen LogP contribution is 2.11. The summed E-state index contributed by atoms with van der Waals surface area (Å²) in [4.78, 5) is 16.6. The topological polar surface area (TPSA) is 32.8 Å². The second kappa shape index (κ2) is 8.50. The van der Waals surface area contributed by atoms with Crippen LogP contribution in [-0.4, -0.2) is 48.5 Å². The number of hydrogen-bond donors (Lipinski definition) is 0. The van der Waals surface area contributed by atoms with Gasteiger partial charge in [-0.15, -0.1) is 0 Å². The molecule has 0 aliphatic carbocycles. The third-order valence-corrected chi connectivity index (χ3v) is 4.32. The quantitative estimate of drug-likeness (QED) is 0.819. The maximum atomic E-state index is 12.3. The van der Waals surface area contributed by atoms with Crippen molar-refractivity contribution in [2.75, 3.05) is 32.8 Å². The van der Waals surface area contributed by atoms with Crippen LogP contribution in [0.2, 0.25) is 0 Å². The van der Waals surface area contributed by atoms with Crippen LogP contribution in [0.3, 0.4) is 0 Å². The molecule has 1 heterocycles. The lowest BCUT2D eigenvalue weighted by atomic mass is 10.2. The van der Waals surface area contributed by atoms with E-state index in [-0.39, 0.29) is 5.91 Å². The first-order valence-corrected chi connectivity index (χ1v) is 8.53. The number of carbonyl (C=O) groups excluding carboxylic acids is 1. The van der Waals surface area contributed by atoms with Gasteiger partial charge < -0.3 is 9.64 Å². The van der Waals surface area contributed by atoms with Crippen LogP contribution in [0.5, 0.6) is 5.75 Å². The van der Waals surface area contributed by atoms with Gasteiger partial charge in [-0.3, -0.25) is 9.69 Å². The molecule has 1 aliphatic heterocycles. The Balaban J connectivity index is 1.46. The van der Waals surface area contributed by atoms with Crippen molar-refractivity contribution >= 4 is 5.91 Å². The van der Waals surface area contributed by atoms with Crippen LogP contribution in [0.1, 0.15) is 12.0 Å².